The first-order valence-electron chi connectivity index (χ1n) is 11.5. The maximum absolute atomic E-state index is 12.7. The van der Waals surface area contributed by atoms with Crippen LogP contribution in [0, 0.1) is 19.8 Å². The van der Waals surface area contributed by atoms with E-state index in [1.807, 2.05) is 58.8 Å². The van der Waals surface area contributed by atoms with E-state index in [9.17, 15) is 9.90 Å². The molecule has 1 heterocycles. The number of hydrogen-bond donors (Lipinski definition) is 3. The Balaban J connectivity index is 0.00000258. The Morgan fingerprint density at radius 3 is 2.47 bits per heavy atom. The second-order valence-corrected chi connectivity index (χ2v) is 7.72. The second-order valence-electron chi connectivity index (χ2n) is 7.72. The van der Waals surface area contributed by atoms with Gasteiger partial charge in [0, 0.05) is 30.6 Å². The van der Waals surface area contributed by atoms with Crippen molar-refractivity contribution in [2.24, 2.45) is 0 Å². The highest BCUT2D eigenvalue weighted by atomic mass is 16.3. The molecule has 1 aromatic carbocycles. The standard InChI is InChI=1S/C24H34N4O2.C2H6.C2H2/c1-8-16(2)18(4)11-19(5)20(6)27(7)28-15-26-22(13-24(28)30)14-25-21-10-9-17(3)23(29)12-21;2*1-2/h8-13,20,25-26,29H,5,14-15H2,1-4,6-7H3;1-2H3;1-2H/b16-8-,18-11-;;. The zero-order chi connectivity index (χ0) is 26.4. The lowest BCUT2D eigenvalue weighted by atomic mass is 10.0. The minimum atomic E-state index is -0.0789. The zero-order valence-corrected chi connectivity index (χ0v) is 22.1. The summed E-state index contributed by atoms with van der Waals surface area (Å²) in [7, 11) is 1.90. The summed E-state index contributed by atoms with van der Waals surface area (Å²) in [6.45, 7) is 19.1. The van der Waals surface area contributed by atoms with Crippen LogP contribution in [0.2, 0.25) is 0 Å². The molecule has 0 saturated carbocycles. The van der Waals surface area contributed by atoms with Crippen molar-refractivity contribution >= 4 is 11.6 Å². The summed E-state index contributed by atoms with van der Waals surface area (Å²) < 4.78 is 0. The van der Waals surface area contributed by atoms with E-state index in [-0.39, 0.29) is 17.7 Å². The lowest BCUT2D eigenvalue weighted by molar-refractivity contribution is -0.145. The van der Waals surface area contributed by atoms with E-state index in [4.69, 9.17) is 0 Å². The molecule has 0 saturated heterocycles. The Labute approximate surface area is 206 Å². The number of aromatic hydroxyl groups is 1. The van der Waals surface area contributed by atoms with Gasteiger partial charge in [0.25, 0.3) is 5.91 Å². The number of benzene rings is 1. The normalized spacial score (nSPS) is 14.6. The zero-order valence-electron chi connectivity index (χ0n) is 22.1. The average molecular weight is 467 g/mol. The molecule has 34 heavy (non-hydrogen) atoms. The van der Waals surface area contributed by atoms with Crippen LogP contribution in [0.4, 0.5) is 5.69 Å². The van der Waals surface area contributed by atoms with E-state index >= 15 is 0 Å². The first-order chi connectivity index (χ1) is 16.1. The molecule has 6 heteroatoms. The number of terminal acetylenes is 1. The van der Waals surface area contributed by atoms with E-state index < -0.39 is 0 Å². The van der Waals surface area contributed by atoms with Crippen LogP contribution in [0.5, 0.6) is 5.75 Å². The average Bonchev–Trinajstić information content (AvgIpc) is 2.85. The van der Waals surface area contributed by atoms with Gasteiger partial charge in [0.1, 0.15) is 12.4 Å². The Kier molecular flexibility index (Phi) is 13.9. The number of carbonyl (C=O) groups is 1. The molecule has 0 bridgehead atoms. The van der Waals surface area contributed by atoms with E-state index in [0.29, 0.717) is 13.2 Å². The topological polar surface area (TPSA) is 67.8 Å². The monoisotopic (exact) mass is 466 g/mol. The molecule has 1 aliphatic rings. The first-order valence-corrected chi connectivity index (χ1v) is 11.5. The number of likely N-dealkylation sites (N-methyl/N-ethyl adjacent to an activating group) is 1. The quantitative estimate of drug-likeness (QED) is 0.355. The number of hydrogen-bond acceptors (Lipinski definition) is 5. The van der Waals surface area contributed by atoms with Gasteiger partial charge in [-0.05, 0) is 57.4 Å². The highest BCUT2D eigenvalue weighted by molar-refractivity contribution is 5.88. The molecule has 3 N–H and O–H groups in total. The van der Waals surface area contributed by atoms with Crippen LogP contribution in [0.25, 0.3) is 0 Å². The van der Waals surface area contributed by atoms with Gasteiger partial charge in [0.05, 0.1) is 12.6 Å². The van der Waals surface area contributed by atoms with Crippen molar-refractivity contribution in [3.63, 3.8) is 0 Å². The van der Waals surface area contributed by atoms with Crippen molar-refractivity contribution < 1.29 is 9.90 Å². The largest absolute Gasteiger partial charge is 0.508 e. The van der Waals surface area contributed by atoms with Crippen LogP contribution < -0.4 is 10.6 Å². The number of carbonyl (C=O) groups excluding carboxylic acids is 1. The smallest absolute Gasteiger partial charge is 0.264 e. The molecule has 2 rings (SSSR count). The summed E-state index contributed by atoms with van der Waals surface area (Å²) in [6, 6.07) is 5.40. The molecule has 1 unspecified atom stereocenters. The van der Waals surface area contributed by atoms with Crippen molar-refractivity contribution in [2.45, 2.75) is 54.5 Å². The maximum Gasteiger partial charge on any atom is 0.264 e. The third kappa shape index (κ3) is 8.84. The molecule has 1 aromatic rings. The highest BCUT2D eigenvalue weighted by Gasteiger charge is 2.25. The first kappa shape index (κ1) is 30.6. The number of anilines is 1. The summed E-state index contributed by atoms with van der Waals surface area (Å²) in [6.07, 6.45) is 13.7. The van der Waals surface area contributed by atoms with Crippen molar-refractivity contribution in [1.29, 1.82) is 0 Å². The fourth-order valence-electron chi connectivity index (χ4n) is 3.02. The third-order valence-corrected chi connectivity index (χ3v) is 5.63. The van der Waals surface area contributed by atoms with E-state index in [1.165, 1.54) is 11.1 Å². The van der Waals surface area contributed by atoms with Gasteiger partial charge in [-0.15, -0.1) is 12.8 Å². The van der Waals surface area contributed by atoms with Crippen molar-refractivity contribution in [3.05, 3.63) is 71.0 Å². The maximum atomic E-state index is 12.7. The summed E-state index contributed by atoms with van der Waals surface area (Å²) in [5.74, 6) is 0.169. The van der Waals surface area contributed by atoms with Crippen molar-refractivity contribution in [1.82, 2.24) is 15.3 Å². The highest BCUT2D eigenvalue weighted by Crippen LogP contribution is 2.21. The van der Waals surface area contributed by atoms with Gasteiger partial charge < -0.3 is 15.7 Å². The number of phenols is 1. The fraction of sp³-hybridized carbons (Fsp3) is 0.393. The molecule has 6 nitrogen and oxygen atoms in total. The second kappa shape index (κ2) is 15.4. The van der Waals surface area contributed by atoms with Crippen molar-refractivity contribution in [3.8, 4) is 18.6 Å². The fourth-order valence-corrected chi connectivity index (χ4v) is 3.02. The van der Waals surface area contributed by atoms with Gasteiger partial charge in [-0.1, -0.05) is 44.2 Å². The molecule has 0 spiro atoms. The number of hydrazine groups is 1. The van der Waals surface area contributed by atoms with Crippen LogP contribution in [0.15, 0.2) is 65.4 Å². The van der Waals surface area contributed by atoms with Crippen LogP contribution in [-0.4, -0.2) is 47.3 Å². The lowest BCUT2D eigenvalue weighted by Crippen LogP contribution is -2.54. The van der Waals surface area contributed by atoms with Gasteiger partial charge in [-0.25, -0.2) is 5.01 Å². The van der Waals surface area contributed by atoms with Gasteiger partial charge in [0.2, 0.25) is 0 Å². The summed E-state index contributed by atoms with van der Waals surface area (Å²) in [5.41, 5.74) is 5.75. The number of amides is 1. The number of aryl methyl sites for hydroxylation is 1. The third-order valence-electron chi connectivity index (χ3n) is 5.63. The molecule has 1 atom stereocenters. The number of nitrogens with zero attached hydrogens (tertiary/aromatic N) is 2. The van der Waals surface area contributed by atoms with E-state index in [2.05, 4.69) is 56.1 Å². The molecule has 0 aromatic heterocycles. The molecule has 1 amide bonds. The van der Waals surface area contributed by atoms with Gasteiger partial charge >= 0.3 is 0 Å². The van der Waals surface area contributed by atoms with Gasteiger partial charge in [-0.2, -0.15) is 0 Å². The molecule has 0 fully saturated rings. The SMILES string of the molecule is C#C.C=C(/C=C(C)\C(C)=C/C)C(C)N(C)N1CNC(CNc2ccc(C)c(O)c2)=CC1=O.CC. The molecular weight excluding hydrogens is 424 g/mol. The molecule has 1 aliphatic heterocycles. The summed E-state index contributed by atoms with van der Waals surface area (Å²) in [4.78, 5) is 12.7. The minimum absolute atomic E-state index is 0.0287. The Morgan fingerprint density at radius 1 is 1.32 bits per heavy atom. The number of allylic oxidation sites excluding steroid dienone is 3. The predicted octanol–water partition coefficient (Wildman–Crippen LogP) is 5.37. The van der Waals surface area contributed by atoms with Crippen LogP contribution in [0.1, 0.15) is 47.1 Å². The molecule has 0 aliphatic carbocycles. The molecule has 186 valence electrons. The lowest BCUT2D eigenvalue weighted by Gasteiger charge is -2.38. The van der Waals surface area contributed by atoms with Crippen molar-refractivity contribution in [2.75, 3.05) is 25.6 Å². The molecular formula is C28H42N4O2. The number of nitrogens with one attached hydrogen (secondary N) is 2. The Bertz CT molecular complexity index is 941. The van der Waals surface area contributed by atoms with Crippen LogP contribution in [-0.2, 0) is 4.79 Å². The number of rotatable bonds is 8. The van der Waals surface area contributed by atoms with E-state index in [0.717, 1.165) is 22.5 Å². The molecule has 0 radical (unpaired) electrons. The minimum Gasteiger partial charge on any atom is -0.508 e. The van der Waals surface area contributed by atoms with Gasteiger partial charge in [0.15, 0.2) is 0 Å². The number of phenolic OH excluding ortho intramolecular Hbond substituents is 1. The Morgan fingerprint density at radius 2 is 1.94 bits per heavy atom. The summed E-state index contributed by atoms with van der Waals surface area (Å²) in [5, 5.41) is 19.9. The van der Waals surface area contributed by atoms with E-state index in [1.54, 1.807) is 17.2 Å². The van der Waals surface area contributed by atoms with Crippen LogP contribution in [0.3, 0.4) is 0 Å². The Hall–Kier alpha value is -3.43. The van der Waals surface area contributed by atoms with Crippen LogP contribution >= 0.6 is 0 Å². The predicted molar refractivity (Wildman–Crippen MR) is 145 cm³/mol. The summed E-state index contributed by atoms with van der Waals surface area (Å²) >= 11 is 0. The van der Waals surface area contributed by atoms with Gasteiger partial charge in [-0.3, -0.25) is 9.80 Å².